The Morgan fingerprint density at radius 1 is 1.21 bits per heavy atom. The predicted octanol–water partition coefficient (Wildman–Crippen LogP) is 3.24. The summed E-state index contributed by atoms with van der Waals surface area (Å²) in [6.45, 7) is 0.679. The van der Waals surface area contributed by atoms with Gasteiger partial charge in [0.15, 0.2) is 5.82 Å². The van der Waals surface area contributed by atoms with Crippen molar-refractivity contribution < 1.29 is 9.59 Å². The van der Waals surface area contributed by atoms with Crippen LogP contribution < -0.4 is 10.6 Å². The number of aromatic nitrogens is 2. The van der Waals surface area contributed by atoms with Crippen molar-refractivity contribution >= 4 is 45.8 Å². The Bertz CT molecular complexity index is 991. The summed E-state index contributed by atoms with van der Waals surface area (Å²) in [5, 5.41) is 9.39. The van der Waals surface area contributed by atoms with Crippen molar-refractivity contribution in [1.29, 1.82) is 0 Å². The number of benzene rings is 1. The molecule has 0 spiro atoms. The maximum absolute atomic E-state index is 12.4. The number of fused-ring (bicyclic) bond motifs is 1. The van der Waals surface area contributed by atoms with Gasteiger partial charge in [-0.3, -0.25) is 9.59 Å². The van der Waals surface area contributed by atoms with Crippen molar-refractivity contribution in [3.05, 3.63) is 41.8 Å². The highest BCUT2D eigenvalue weighted by Crippen LogP contribution is 2.29. The molecule has 0 bridgehead atoms. The van der Waals surface area contributed by atoms with Crippen LogP contribution in [-0.4, -0.2) is 40.1 Å². The fourth-order valence-corrected chi connectivity index (χ4v) is 4.61. The van der Waals surface area contributed by atoms with Gasteiger partial charge < -0.3 is 10.6 Å². The van der Waals surface area contributed by atoms with Crippen LogP contribution in [0.4, 0.5) is 0 Å². The summed E-state index contributed by atoms with van der Waals surface area (Å²) in [4.78, 5) is 34.8. The predicted molar refractivity (Wildman–Crippen MR) is 112 cm³/mol. The number of thioether (sulfide) groups is 1. The molecule has 0 unspecified atom stereocenters. The van der Waals surface area contributed by atoms with Gasteiger partial charge in [-0.25, -0.2) is 9.97 Å². The van der Waals surface area contributed by atoms with Crippen LogP contribution in [0, 0.1) is 0 Å². The Kier molecular flexibility index (Phi) is 5.87. The average molecular weight is 413 g/mol. The number of nitrogens with zero attached hydrogens (tertiary/aromatic N) is 2. The number of carbonyl (C=O) groups is 2. The minimum Gasteiger partial charge on any atom is -0.354 e. The number of nitrogens with one attached hydrogen (secondary N) is 2. The molecule has 1 aliphatic rings. The largest absolute Gasteiger partial charge is 0.354 e. The molecule has 1 fully saturated rings. The maximum Gasteiger partial charge on any atom is 0.242 e. The molecular weight excluding hydrogens is 392 g/mol. The fraction of sp³-hybridized carbons (Fsp3) is 0.300. The van der Waals surface area contributed by atoms with Gasteiger partial charge in [-0.1, -0.05) is 36.0 Å². The highest BCUT2D eigenvalue weighted by atomic mass is 32.2. The van der Waals surface area contributed by atoms with Crippen molar-refractivity contribution in [3.8, 4) is 10.7 Å². The fourth-order valence-electron chi connectivity index (χ4n) is 3.12. The first kappa shape index (κ1) is 18.9. The SMILES string of the molecule is O=C(CSc1nc(-c2cccs2)nc2ccccc12)N[C@H]1CCCCNC1=O. The zero-order chi connectivity index (χ0) is 19.3. The summed E-state index contributed by atoms with van der Waals surface area (Å²) in [5.41, 5.74) is 0.854. The van der Waals surface area contributed by atoms with E-state index in [2.05, 4.69) is 15.6 Å². The molecule has 1 aliphatic heterocycles. The second kappa shape index (κ2) is 8.70. The molecule has 0 radical (unpaired) electrons. The molecule has 1 aromatic carbocycles. The first-order chi connectivity index (χ1) is 13.7. The lowest BCUT2D eigenvalue weighted by atomic mass is 10.1. The highest BCUT2D eigenvalue weighted by molar-refractivity contribution is 8.00. The van der Waals surface area contributed by atoms with Crippen LogP contribution in [0.2, 0.25) is 0 Å². The van der Waals surface area contributed by atoms with Crippen LogP contribution >= 0.6 is 23.1 Å². The first-order valence-electron chi connectivity index (χ1n) is 9.21. The molecule has 1 saturated heterocycles. The molecule has 3 aromatic rings. The van der Waals surface area contributed by atoms with E-state index in [1.165, 1.54) is 11.8 Å². The lowest BCUT2D eigenvalue weighted by molar-refractivity contribution is -0.127. The van der Waals surface area contributed by atoms with E-state index in [9.17, 15) is 9.59 Å². The highest BCUT2D eigenvalue weighted by Gasteiger charge is 2.22. The van der Waals surface area contributed by atoms with Crippen LogP contribution in [0.15, 0.2) is 46.8 Å². The molecule has 144 valence electrons. The monoisotopic (exact) mass is 412 g/mol. The summed E-state index contributed by atoms with van der Waals surface area (Å²) < 4.78 is 0. The number of rotatable bonds is 5. The summed E-state index contributed by atoms with van der Waals surface area (Å²) in [6.07, 6.45) is 2.56. The molecule has 8 heteroatoms. The van der Waals surface area contributed by atoms with Gasteiger partial charge in [0.25, 0.3) is 0 Å². The first-order valence-corrected chi connectivity index (χ1v) is 11.1. The van der Waals surface area contributed by atoms with E-state index in [0.29, 0.717) is 18.8 Å². The number of amides is 2. The van der Waals surface area contributed by atoms with Crippen LogP contribution in [0.25, 0.3) is 21.6 Å². The molecular formula is C20H20N4O2S2. The number of para-hydroxylation sites is 1. The van der Waals surface area contributed by atoms with Gasteiger partial charge >= 0.3 is 0 Å². The van der Waals surface area contributed by atoms with Gasteiger partial charge in [0.2, 0.25) is 11.8 Å². The Hall–Kier alpha value is -2.45. The molecule has 0 saturated carbocycles. The Morgan fingerprint density at radius 3 is 2.96 bits per heavy atom. The molecule has 4 rings (SSSR count). The van der Waals surface area contributed by atoms with E-state index in [4.69, 9.17) is 4.98 Å². The number of carbonyl (C=O) groups excluding carboxylic acids is 2. The molecule has 1 atom stereocenters. The second-order valence-corrected chi connectivity index (χ2v) is 8.45. The average Bonchev–Trinajstić information content (AvgIpc) is 3.18. The van der Waals surface area contributed by atoms with Gasteiger partial charge in [0, 0.05) is 11.9 Å². The van der Waals surface area contributed by atoms with Crippen LogP contribution in [0.1, 0.15) is 19.3 Å². The Morgan fingerprint density at radius 2 is 2.11 bits per heavy atom. The second-order valence-electron chi connectivity index (χ2n) is 6.54. The summed E-state index contributed by atoms with van der Waals surface area (Å²) in [5.74, 6) is 0.616. The van der Waals surface area contributed by atoms with Gasteiger partial charge in [-0.15, -0.1) is 11.3 Å². The zero-order valence-corrected chi connectivity index (χ0v) is 16.8. The van der Waals surface area contributed by atoms with Gasteiger partial charge in [0.1, 0.15) is 11.1 Å². The summed E-state index contributed by atoms with van der Waals surface area (Å²) in [6, 6.07) is 11.3. The number of thiophene rings is 1. The molecule has 2 aromatic heterocycles. The summed E-state index contributed by atoms with van der Waals surface area (Å²) in [7, 11) is 0. The van der Waals surface area contributed by atoms with Crippen LogP contribution in [0.5, 0.6) is 0 Å². The van der Waals surface area contributed by atoms with Crippen molar-refractivity contribution in [2.45, 2.75) is 30.3 Å². The normalized spacial score (nSPS) is 17.1. The zero-order valence-electron chi connectivity index (χ0n) is 15.2. The van der Waals surface area contributed by atoms with Crippen LogP contribution in [-0.2, 0) is 9.59 Å². The van der Waals surface area contributed by atoms with E-state index >= 15 is 0 Å². The molecule has 6 nitrogen and oxygen atoms in total. The molecule has 2 amide bonds. The van der Waals surface area contributed by atoms with E-state index in [-0.39, 0.29) is 17.6 Å². The topological polar surface area (TPSA) is 84.0 Å². The molecule has 0 aliphatic carbocycles. The van der Waals surface area contributed by atoms with E-state index in [1.807, 2.05) is 41.8 Å². The lowest BCUT2D eigenvalue weighted by Gasteiger charge is -2.15. The quantitative estimate of drug-likeness (QED) is 0.496. The van der Waals surface area contributed by atoms with Gasteiger partial charge in [-0.2, -0.15) is 0 Å². The molecule has 3 heterocycles. The third-order valence-corrected chi connectivity index (χ3v) is 6.38. The van der Waals surface area contributed by atoms with E-state index < -0.39 is 6.04 Å². The minimum atomic E-state index is -0.445. The molecule has 28 heavy (non-hydrogen) atoms. The van der Waals surface area contributed by atoms with Crippen molar-refractivity contribution in [2.24, 2.45) is 0 Å². The van der Waals surface area contributed by atoms with Crippen molar-refractivity contribution in [2.75, 3.05) is 12.3 Å². The Balaban J connectivity index is 1.51. The van der Waals surface area contributed by atoms with Crippen molar-refractivity contribution in [3.63, 3.8) is 0 Å². The lowest BCUT2D eigenvalue weighted by Crippen LogP contribution is -2.46. The van der Waals surface area contributed by atoms with Crippen LogP contribution in [0.3, 0.4) is 0 Å². The Labute approximate surface area is 171 Å². The molecule has 2 N–H and O–H groups in total. The summed E-state index contributed by atoms with van der Waals surface area (Å²) >= 11 is 2.96. The third-order valence-electron chi connectivity index (χ3n) is 4.52. The standard InChI is InChI=1S/C20H20N4O2S2/c25-17(22-15-8-3-4-10-21-19(15)26)12-28-20-13-6-1-2-7-14(13)23-18(24-20)16-9-5-11-27-16/h1-2,5-7,9,11,15H,3-4,8,10,12H2,(H,21,26)(H,22,25)/t15-/m0/s1. The minimum absolute atomic E-state index is 0.0942. The van der Waals surface area contributed by atoms with E-state index in [0.717, 1.165) is 33.6 Å². The van der Waals surface area contributed by atoms with Gasteiger partial charge in [0.05, 0.1) is 16.1 Å². The van der Waals surface area contributed by atoms with E-state index in [1.54, 1.807) is 11.3 Å². The maximum atomic E-state index is 12.4. The smallest absolute Gasteiger partial charge is 0.242 e. The number of hydrogen-bond acceptors (Lipinski definition) is 6. The number of hydrogen-bond donors (Lipinski definition) is 2. The van der Waals surface area contributed by atoms with Gasteiger partial charge in [-0.05, 0) is 36.8 Å². The van der Waals surface area contributed by atoms with Crippen molar-refractivity contribution in [1.82, 2.24) is 20.6 Å². The third kappa shape index (κ3) is 4.34.